The average Bonchev–Trinajstić information content (AvgIpc) is 2.95. The number of carbonyl (C=O) groups excluding carboxylic acids is 1. The minimum atomic E-state index is -0.758. The number of fused-ring (bicyclic) bond motifs is 1. The lowest BCUT2D eigenvalue weighted by molar-refractivity contribution is -0.384. The fraction of sp³-hybridized carbons (Fsp3) is 0.235. The Balaban J connectivity index is 2.13. The molecule has 0 aliphatic carbocycles. The Morgan fingerprint density at radius 2 is 2.04 bits per heavy atom. The van der Waals surface area contributed by atoms with Crippen molar-refractivity contribution in [2.75, 3.05) is 6.67 Å². The number of primary amides is 1. The van der Waals surface area contributed by atoms with Gasteiger partial charge in [-0.3, -0.25) is 24.3 Å². The van der Waals surface area contributed by atoms with Gasteiger partial charge in [0.25, 0.3) is 17.2 Å². The van der Waals surface area contributed by atoms with E-state index in [1.807, 2.05) is 0 Å². The third-order valence-electron chi connectivity index (χ3n) is 4.17. The summed E-state index contributed by atoms with van der Waals surface area (Å²) in [5.41, 5.74) is 5.98. The summed E-state index contributed by atoms with van der Waals surface area (Å²) in [4.78, 5) is 39.7. The van der Waals surface area contributed by atoms with E-state index in [9.17, 15) is 24.1 Å². The third-order valence-corrected chi connectivity index (χ3v) is 5.37. The van der Waals surface area contributed by atoms with Gasteiger partial charge in [-0.25, -0.2) is 9.37 Å². The molecule has 0 radical (unpaired) electrons. The number of thiophene rings is 1. The highest BCUT2D eigenvalue weighted by molar-refractivity contribution is 7.20. The van der Waals surface area contributed by atoms with Crippen LogP contribution in [0.4, 0.5) is 10.1 Å². The van der Waals surface area contributed by atoms with Gasteiger partial charge >= 0.3 is 0 Å². The van der Waals surface area contributed by atoms with E-state index in [0.717, 1.165) is 11.3 Å². The number of halogens is 1. The Kier molecular flexibility index (Phi) is 5.00. The van der Waals surface area contributed by atoms with Crippen LogP contribution in [0.2, 0.25) is 0 Å². The van der Waals surface area contributed by atoms with Gasteiger partial charge in [-0.05, 0) is 18.1 Å². The molecule has 0 bridgehead atoms. The monoisotopic (exact) mass is 390 g/mol. The number of aromatic nitrogens is 2. The van der Waals surface area contributed by atoms with E-state index in [1.54, 1.807) is 19.1 Å². The maximum absolute atomic E-state index is 13.0. The van der Waals surface area contributed by atoms with Gasteiger partial charge in [-0.2, -0.15) is 0 Å². The predicted molar refractivity (Wildman–Crippen MR) is 99.0 cm³/mol. The van der Waals surface area contributed by atoms with Gasteiger partial charge in [0, 0.05) is 18.6 Å². The van der Waals surface area contributed by atoms with E-state index in [2.05, 4.69) is 4.98 Å². The maximum Gasteiger partial charge on any atom is 0.269 e. The zero-order valence-corrected chi connectivity index (χ0v) is 15.1. The Labute approximate surface area is 156 Å². The second-order valence-electron chi connectivity index (χ2n) is 5.87. The zero-order valence-electron chi connectivity index (χ0n) is 14.3. The van der Waals surface area contributed by atoms with E-state index in [1.165, 1.54) is 16.7 Å². The van der Waals surface area contributed by atoms with Crippen LogP contribution < -0.4 is 11.3 Å². The number of alkyl halides is 1. The number of rotatable bonds is 6. The minimum Gasteiger partial charge on any atom is -0.365 e. The molecule has 0 aliphatic rings. The summed E-state index contributed by atoms with van der Waals surface area (Å²) in [6.07, 6.45) is 0.187. The Morgan fingerprint density at radius 3 is 2.59 bits per heavy atom. The molecule has 10 heteroatoms. The molecule has 0 unspecified atom stereocenters. The fourth-order valence-electron chi connectivity index (χ4n) is 2.86. The van der Waals surface area contributed by atoms with Crippen LogP contribution in [0.25, 0.3) is 10.2 Å². The van der Waals surface area contributed by atoms with Crippen LogP contribution in [0.3, 0.4) is 0 Å². The summed E-state index contributed by atoms with van der Waals surface area (Å²) in [6, 6.07) is 5.82. The SMILES string of the molecule is Cc1c(C(N)=O)sc2nc(Cc3ccc([N+](=O)[O-])cc3)n(CCF)c(=O)c12. The molecule has 3 rings (SSSR count). The molecule has 0 atom stereocenters. The second kappa shape index (κ2) is 7.23. The highest BCUT2D eigenvalue weighted by atomic mass is 32.1. The van der Waals surface area contributed by atoms with Crippen molar-refractivity contribution < 1.29 is 14.1 Å². The molecule has 8 nitrogen and oxygen atoms in total. The van der Waals surface area contributed by atoms with Crippen molar-refractivity contribution in [3.8, 4) is 0 Å². The van der Waals surface area contributed by atoms with Gasteiger partial charge in [-0.15, -0.1) is 11.3 Å². The number of amides is 1. The molecule has 3 aromatic rings. The number of non-ortho nitro benzene ring substituents is 1. The van der Waals surface area contributed by atoms with E-state index >= 15 is 0 Å². The highest BCUT2D eigenvalue weighted by Crippen LogP contribution is 2.27. The number of nitro groups is 1. The van der Waals surface area contributed by atoms with Crippen molar-refractivity contribution >= 4 is 33.1 Å². The standard InChI is InChI=1S/C17H15FN4O4S/c1-9-13-16(27-14(9)15(19)23)20-12(21(7-6-18)17(13)24)8-10-2-4-11(5-3-10)22(25)26/h2-5H,6-8H2,1H3,(H2,19,23). The molecule has 0 saturated carbocycles. The lowest BCUT2D eigenvalue weighted by atomic mass is 10.1. The van der Waals surface area contributed by atoms with E-state index < -0.39 is 23.1 Å². The molecule has 27 heavy (non-hydrogen) atoms. The molecule has 140 valence electrons. The molecular formula is C17H15FN4O4S. The Bertz CT molecular complexity index is 1100. The molecule has 2 N–H and O–H groups in total. The van der Waals surface area contributed by atoms with Gasteiger partial charge in [0.15, 0.2) is 0 Å². The van der Waals surface area contributed by atoms with Gasteiger partial charge in [0.1, 0.15) is 17.3 Å². The van der Waals surface area contributed by atoms with Gasteiger partial charge in [-0.1, -0.05) is 12.1 Å². The van der Waals surface area contributed by atoms with Gasteiger partial charge < -0.3 is 5.73 Å². The molecule has 2 heterocycles. The number of aryl methyl sites for hydroxylation is 1. The van der Waals surface area contributed by atoms with Crippen molar-refractivity contribution in [1.82, 2.24) is 9.55 Å². The van der Waals surface area contributed by atoms with Crippen LogP contribution in [0, 0.1) is 17.0 Å². The van der Waals surface area contributed by atoms with Crippen LogP contribution in [-0.2, 0) is 13.0 Å². The van der Waals surface area contributed by atoms with Crippen LogP contribution in [0.15, 0.2) is 29.1 Å². The first-order valence-electron chi connectivity index (χ1n) is 7.95. The van der Waals surface area contributed by atoms with Crippen LogP contribution in [0.5, 0.6) is 0 Å². The number of hydrogen-bond donors (Lipinski definition) is 1. The predicted octanol–water partition coefficient (Wildman–Crippen LogP) is 2.33. The summed E-state index contributed by atoms with van der Waals surface area (Å²) < 4.78 is 14.2. The molecule has 1 amide bonds. The Hall–Kier alpha value is -3.14. The molecule has 2 aromatic heterocycles. The number of benzene rings is 1. The van der Waals surface area contributed by atoms with E-state index in [0.29, 0.717) is 21.8 Å². The first-order chi connectivity index (χ1) is 12.8. The zero-order chi connectivity index (χ0) is 19.7. The van der Waals surface area contributed by atoms with Crippen molar-refractivity contribution in [2.24, 2.45) is 5.73 Å². The smallest absolute Gasteiger partial charge is 0.269 e. The molecule has 0 aliphatic heterocycles. The van der Waals surface area contributed by atoms with Crippen molar-refractivity contribution in [2.45, 2.75) is 19.9 Å². The third kappa shape index (κ3) is 3.43. The molecule has 0 spiro atoms. The summed E-state index contributed by atoms with van der Waals surface area (Å²) in [6.45, 7) is 0.676. The summed E-state index contributed by atoms with van der Waals surface area (Å²) in [5.74, 6) is -0.333. The topological polar surface area (TPSA) is 121 Å². The lowest BCUT2D eigenvalue weighted by Crippen LogP contribution is -2.26. The van der Waals surface area contributed by atoms with Crippen molar-refractivity contribution in [1.29, 1.82) is 0 Å². The molecular weight excluding hydrogens is 375 g/mol. The van der Waals surface area contributed by atoms with Crippen molar-refractivity contribution in [3.05, 3.63) is 66.6 Å². The molecule has 0 fully saturated rings. The maximum atomic E-state index is 13.0. The van der Waals surface area contributed by atoms with E-state index in [4.69, 9.17) is 5.73 Å². The second-order valence-corrected chi connectivity index (χ2v) is 6.87. The lowest BCUT2D eigenvalue weighted by Gasteiger charge is -2.11. The summed E-state index contributed by atoms with van der Waals surface area (Å²) >= 11 is 1.02. The summed E-state index contributed by atoms with van der Waals surface area (Å²) in [5, 5.41) is 11.0. The average molecular weight is 390 g/mol. The van der Waals surface area contributed by atoms with Crippen LogP contribution in [0.1, 0.15) is 26.6 Å². The van der Waals surface area contributed by atoms with Crippen molar-refractivity contribution in [3.63, 3.8) is 0 Å². The quantitative estimate of drug-likeness (QED) is 0.511. The first kappa shape index (κ1) is 18.6. The van der Waals surface area contributed by atoms with Gasteiger partial charge in [0.2, 0.25) is 0 Å². The normalized spacial score (nSPS) is 11.0. The number of nitro benzene ring substituents is 1. The highest BCUT2D eigenvalue weighted by Gasteiger charge is 2.20. The van der Waals surface area contributed by atoms with Crippen LogP contribution in [-0.4, -0.2) is 27.1 Å². The minimum absolute atomic E-state index is 0.0525. The van der Waals surface area contributed by atoms with Gasteiger partial charge in [0.05, 0.1) is 21.7 Å². The number of nitrogens with zero attached hydrogens (tertiary/aromatic N) is 3. The molecule has 0 saturated heterocycles. The van der Waals surface area contributed by atoms with Crippen LogP contribution >= 0.6 is 11.3 Å². The summed E-state index contributed by atoms with van der Waals surface area (Å²) in [7, 11) is 0. The Morgan fingerprint density at radius 1 is 1.37 bits per heavy atom. The first-order valence-corrected chi connectivity index (χ1v) is 8.77. The molecule has 1 aromatic carbocycles. The fourth-order valence-corrected chi connectivity index (χ4v) is 3.90. The number of nitrogens with two attached hydrogens (primary N) is 1. The number of carbonyl (C=O) groups is 1. The van der Waals surface area contributed by atoms with E-state index in [-0.39, 0.29) is 28.9 Å². The largest absolute Gasteiger partial charge is 0.365 e. The number of hydrogen-bond acceptors (Lipinski definition) is 6.